The lowest BCUT2D eigenvalue weighted by Gasteiger charge is -2.32. The number of aliphatic hydroxyl groups is 1. The first kappa shape index (κ1) is 22.4. The molecule has 2 unspecified atom stereocenters. The maximum Gasteiger partial charge on any atom is 0.225 e. The Morgan fingerprint density at radius 1 is 1.13 bits per heavy atom. The van der Waals surface area contributed by atoms with E-state index in [1.54, 1.807) is 18.5 Å². The van der Waals surface area contributed by atoms with Gasteiger partial charge in [0.1, 0.15) is 0 Å². The molecule has 2 aromatic rings. The standard InChI is InChI=1S/C21H27ClN4O4S/c22-17-10-24-21(25-11-17)26-5-3-15(4-6-26)20-9-16(20)13-30-14-18-1-2-19(12-23-18)31(28,29)8-7-27/h1-2,10-12,15-16,20,27H,3-9,13-14H2. The Balaban J connectivity index is 1.17. The summed E-state index contributed by atoms with van der Waals surface area (Å²) in [5, 5.41) is 9.40. The van der Waals surface area contributed by atoms with E-state index in [0.717, 1.165) is 31.9 Å². The lowest BCUT2D eigenvalue weighted by atomic mass is 9.91. The van der Waals surface area contributed by atoms with E-state index < -0.39 is 16.4 Å². The topological polar surface area (TPSA) is 106 Å². The van der Waals surface area contributed by atoms with E-state index in [0.29, 0.717) is 41.7 Å². The van der Waals surface area contributed by atoms with Crippen molar-refractivity contribution in [2.45, 2.75) is 30.8 Å². The second kappa shape index (κ2) is 9.77. The van der Waals surface area contributed by atoms with Crippen molar-refractivity contribution in [2.75, 3.05) is 37.0 Å². The number of sulfone groups is 1. The van der Waals surface area contributed by atoms with Crippen LogP contribution in [0.1, 0.15) is 25.0 Å². The number of piperidine rings is 1. The second-order valence-corrected chi connectivity index (χ2v) is 10.8. The summed E-state index contributed by atoms with van der Waals surface area (Å²) in [6, 6.07) is 3.19. The third kappa shape index (κ3) is 5.71. The molecule has 1 aliphatic carbocycles. The molecule has 31 heavy (non-hydrogen) atoms. The van der Waals surface area contributed by atoms with Crippen molar-refractivity contribution in [3.8, 4) is 0 Å². The predicted molar refractivity (Wildman–Crippen MR) is 117 cm³/mol. The molecule has 2 fully saturated rings. The molecule has 0 spiro atoms. The van der Waals surface area contributed by atoms with E-state index in [9.17, 15) is 8.42 Å². The van der Waals surface area contributed by atoms with E-state index in [-0.39, 0.29) is 10.6 Å². The van der Waals surface area contributed by atoms with Gasteiger partial charge in [-0.1, -0.05) is 11.6 Å². The molecule has 0 amide bonds. The summed E-state index contributed by atoms with van der Waals surface area (Å²) in [5.41, 5.74) is 0.705. The van der Waals surface area contributed by atoms with E-state index in [1.165, 1.54) is 18.7 Å². The molecular formula is C21H27ClN4O4S. The van der Waals surface area contributed by atoms with Crippen LogP contribution in [0.4, 0.5) is 5.95 Å². The first-order valence-corrected chi connectivity index (χ1v) is 12.6. The van der Waals surface area contributed by atoms with Gasteiger partial charge >= 0.3 is 0 Å². The molecule has 1 aliphatic heterocycles. The molecule has 0 bridgehead atoms. The minimum absolute atomic E-state index is 0.128. The number of aromatic nitrogens is 3. The van der Waals surface area contributed by atoms with Crippen molar-refractivity contribution >= 4 is 27.4 Å². The number of halogens is 1. The Morgan fingerprint density at radius 2 is 1.87 bits per heavy atom. The summed E-state index contributed by atoms with van der Waals surface area (Å²) in [6.45, 7) is 2.61. The largest absolute Gasteiger partial charge is 0.395 e. The van der Waals surface area contributed by atoms with E-state index >= 15 is 0 Å². The molecule has 10 heteroatoms. The summed E-state index contributed by atoms with van der Waals surface area (Å²) in [7, 11) is -3.46. The first-order valence-electron chi connectivity index (χ1n) is 10.5. The van der Waals surface area contributed by atoms with Gasteiger partial charge in [-0.2, -0.15) is 0 Å². The molecule has 1 N–H and O–H groups in total. The van der Waals surface area contributed by atoms with Gasteiger partial charge < -0.3 is 14.7 Å². The highest BCUT2D eigenvalue weighted by Crippen LogP contribution is 2.48. The monoisotopic (exact) mass is 466 g/mol. The molecule has 168 valence electrons. The number of ether oxygens (including phenoxy) is 1. The van der Waals surface area contributed by atoms with Crippen LogP contribution >= 0.6 is 11.6 Å². The number of pyridine rings is 1. The van der Waals surface area contributed by atoms with Crippen molar-refractivity contribution in [3.63, 3.8) is 0 Å². The van der Waals surface area contributed by atoms with Gasteiger partial charge in [-0.3, -0.25) is 4.98 Å². The average molecular weight is 467 g/mol. The highest BCUT2D eigenvalue weighted by molar-refractivity contribution is 7.91. The summed E-state index contributed by atoms with van der Waals surface area (Å²) in [5.74, 6) is 2.48. The van der Waals surface area contributed by atoms with Gasteiger partial charge in [0.05, 0.1) is 53.6 Å². The zero-order valence-corrected chi connectivity index (χ0v) is 18.8. The number of anilines is 1. The number of nitrogens with zero attached hydrogens (tertiary/aromatic N) is 4. The summed E-state index contributed by atoms with van der Waals surface area (Å²) >= 11 is 5.87. The Kier molecular flexibility index (Phi) is 7.05. The fourth-order valence-electron chi connectivity index (χ4n) is 4.27. The lowest BCUT2D eigenvalue weighted by Crippen LogP contribution is -2.35. The minimum Gasteiger partial charge on any atom is -0.395 e. The van der Waals surface area contributed by atoms with Gasteiger partial charge in [0, 0.05) is 19.3 Å². The van der Waals surface area contributed by atoms with E-state index in [4.69, 9.17) is 21.4 Å². The van der Waals surface area contributed by atoms with Gasteiger partial charge in [0.2, 0.25) is 5.95 Å². The molecule has 0 aromatic carbocycles. The van der Waals surface area contributed by atoms with Crippen LogP contribution in [0.5, 0.6) is 0 Å². The Hall–Kier alpha value is -1.81. The third-order valence-electron chi connectivity index (χ3n) is 6.11. The third-order valence-corrected chi connectivity index (χ3v) is 7.99. The van der Waals surface area contributed by atoms with Crippen molar-refractivity contribution in [2.24, 2.45) is 17.8 Å². The second-order valence-electron chi connectivity index (χ2n) is 8.23. The highest BCUT2D eigenvalue weighted by atomic mass is 35.5. The van der Waals surface area contributed by atoms with Crippen LogP contribution in [0, 0.1) is 17.8 Å². The summed E-state index contributed by atoms with van der Waals surface area (Å²) < 4.78 is 29.7. The van der Waals surface area contributed by atoms with Crippen LogP contribution in [0.15, 0.2) is 35.6 Å². The summed E-state index contributed by atoms with van der Waals surface area (Å²) in [4.78, 5) is 15.2. The fourth-order valence-corrected chi connectivity index (χ4v) is 5.33. The molecule has 2 aromatic heterocycles. The normalized spacial score (nSPS) is 21.9. The van der Waals surface area contributed by atoms with Gasteiger partial charge in [-0.15, -0.1) is 0 Å². The van der Waals surface area contributed by atoms with Crippen molar-refractivity contribution in [1.29, 1.82) is 0 Å². The van der Waals surface area contributed by atoms with Crippen LogP contribution in [-0.4, -0.2) is 60.5 Å². The SMILES string of the molecule is O=S(=O)(CCO)c1ccc(COCC2CC2C2CCN(c3ncc(Cl)cn3)CC2)nc1. The zero-order chi connectivity index (χ0) is 21.8. The maximum atomic E-state index is 11.9. The molecule has 3 heterocycles. The predicted octanol–water partition coefficient (Wildman–Crippen LogP) is 2.36. The van der Waals surface area contributed by atoms with Gasteiger partial charge in [-0.05, 0) is 49.1 Å². The van der Waals surface area contributed by atoms with Crippen molar-refractivity contribution in [3.05, 3.63) is 41.4 Å². The van der Waals surface area contributed by atoms with Crippen molar-refractivity contribution in [1.82, 2.24) is 15.0 Å². The number of hydrogen-bond donors (Lipinski definition) is 1. The molecule has 1 saturated heterocycles. The fraction of sp³-hybridized carbons (Fsp3) is 0.571. The van der Waals surface area contributed by atoms with Gasteiger partial charge in [0.15, 0.2) is 9.84 Å². The quantitative estimate of drug-likeness (QED) is 0.600. The van der Waals surface area contributed by atoms with Crippen LogP contribution in [0.2, 0.25) is 5.02 Å². The van der Waals surface area contributed by atoms with Gasteiger partial charge in [0.25, 0.3) is 0 Å². The van der Waals surface area contributed by atoms with Crippen LogP contribution in [-0.2, 0) is 21.2 Å². The number of rotatable bonds is 9. The van der Waals surface area contributed by atoms with Crippen LogP contribution in [0.25, 0.3) is 0 Å². The summed E-state index contributed by atoms with van der Waals surface area (Å²) in [6.07, 6.45) is 8.09. The molecule has 2 atom stereocenters. The van der Waals surface area contributed by atoms with Gasteiger partial charge in [-0.25, -0.2) is 18.4 Å². The molecule has 0 radical (unpaired) electrons. The first-order chi connectivity index (χ1) is 15.0. The minimum atomic E-state index is -3.46. The Labute approximate surface area is 187 Å². The number of aliphatic hydroxyl groups excluding tert-OH is 1. The van der Waals surface area contributed by atoms with E-state index in [1.807, 2.05) is 0 Å². The zero-order valence-electron chi connectivity index (χ0n) is 17.2. The Morgan fingerprint density at radius 3 is 2.52 bits per heavy atom. The smallest absolute Gasteiger partial charge is 0.225 e. The van der Waals surface area contributed by atoms with Crippen LogP contribution < -0.4 is 4.90 Å². The lowest BCUT2D eigenvalue weighted by molar-refractivity contribution is 0.102. The van der Waals surface area contributed by atoms with E-state index in [2.05, 4.69) is 19.9 Å². The average Bonchev–Trinajstić information content (AvgIpc) is 3.54. The maximum absolute atomic E-state index is 11.9. The molecule has 2 aliphatic rings. The number of hydrogen-bond acceptors (Lipinski definition) is 8. The Bertz CT molecular complexity index is 964. The molecule has 1 saturated carbocycles. The molecule has 4 rings (SSSR count). The molecule has 8 nitrogen and oxygen atoms in total. The van der Waals surface area contributed by atoms with Crippen LogP contribution in [0.3, 0.4) is 0 Å². The highest BCUT2D eigenvalue weighted by Gasteiger charge is 2.43. The van der Waals surface area contributed by atoms with Crippen molar-refractivity contribution < 1.29 is 18.3 Å². The molecular weight excluding hydrogens is 440 g/mol.